The van der Waals surface area contributed by atoms with E-state index in [-0.39, 0.29) is 22.3 Å². The highest BCUT2D eigenvalue weighted by atomic mass is 35.5. The number of nitrogens with zero attached hydrogens (tertiary/aromatic N) is 1. The average molecular weight is 240 g/mol. The fourth-order valence-corrected chi connectivity index (χ4v) is 1.71. The number of nitro benzene ring substituents is 1. The van der Waals surface area contributed by atoms with Crippen LogP contribution in [0, 0.1) is 10.1 Å². The van der Waals surface area contributed by atoms with Crippen LogP contribution < -0.4 is 0 Å². The summed E-state index contributed by atoms with van der Waals surface area (Å²) in [7, 11) is 0. The molecule has 0 heterocycles. The van der Waals surface area contributed by atoms with Gasteiger partial charge in [-0.2, -0.15) is 8.78 Å². The van der Waals surface area contributed by atoms with Crippen molar-refractivity contribution in [3.63, 3.8) is 0 Å². The molecule has 0 saturated heterocycles. The lowest BCUT2D eigenvalue weighted by Crippen LogP contribution is -1.99. The van der Waals surface area contributed by atoms with Crippen LogP contribution in [0.15, 0.2) is 29.2 Å². The number of para-hydroxylation sites is 1. The average Bonchev–Trinajstić information content (AvgIpc) is 2.01. The summed E-state index contributed by atoms with van der Waals surface area (Å²) >= 11 is 4.60. The van der Waals surface area contributed by atoms with E-state index in [2.05, 4.69) is 11.6 Å². The van der Waals surface area contributed by atoms with E-state index in [4.69, 9.17) is 0 Å². The van der Waals surface area contributed by atoms with E-state index in [1.165, 1.54) is 18.2 Å². The summed E-state index contributed by atoms with van der Waals surface area (Å²) in [4.78, 5) is 9.53. The Balaban J connectivity index is 3.02. The van der Waals surface area contributed by atoms with Crippen LogP contribution in [0.3, 0.4) is 0 Å². The molecule has 0 radical (unpaired) electrons. The van der Waals surface area contributed by atoms with Crippen LogP contribution in [0.25, 0.3) is 0 Å². The largest absolute Gasteiger partial charge is 0.375 e. The number of thioether (sulfide) groups is 1. The van der Waals surface area contributed by atoms with E-state index < -0.39 is 9.64 Å². The number of alkyl halides is 3. The molecule has 0 aromatic heterocycles. The molecule has 1 aromatic carbocycles. The van der Waals surface area contributed by atoms with Crippen molar-refractivity contribution in [1.82, 2.24) is 0 Å². The third kappa shape index (κ3) is 3.12. The standard InChI is InChI=1S/C7H4ClF2NO2S/c8-7(9,10)14-6-4-2-1-3-5(6)11(12)13/h1-4H. The Morgan fingerprint density at radius 1 is 1.43 bits per heavy atom. The van der Waals surface area contributed by atoms with Gasteiger partial charge < -0.3 is 0 Å². The summed E-state index contributed by atoms with van der Waals surface area (Å²) in [6.07, 6.45) is 0. The van der Waals surface area contributed by atoms with Crippen molar-refractivity contribution in [2.75, 3.05) is 0 Å². The summed E-state index contributed by atoms with van der Waals surface area (Å²) in [5, 5.41) is 10.4. The minimum absolute atomic E-state index is 0.0539. The molecule has 0 amide bonds. The molecule has 0 atom stereocenters. The fraction of sp³-hybridized carbons (Fsp3) is 0.143. The first-order valence-electron chi connectivity index (χ1n) is 3.39. The summed E-state index contributed by atoms with van der Waals surface area (Å²) in [5.41, 5.74) is -0.377. The second-order valence-electron chi connectivity index (χ2n) is 2.27. The van der Waals surface area contributed by atoms with Gasteiger partial charge in [0.15, 0.2) is 0 Å². The van der Waals surface area contributed by atoms with E-state index in [1.807, 2.05) is 0 Å². The quantitative estimate of drug-likeness (QED) is 0.351. The predicted molar refractivity (Wildman–Crippen MR) is 49.8 cm³/mol. The van der Waals surface area contributed by atoms with Crippen molar-refractivity contribution in [3.8, 4) is 0 Å². The Labute approximate surface area is 87.2 Å². The highest BCUT2D eigenvalue weighted by Crippen LogP contribution is 2.42. The molecule has 0 aliphatic rings. The first kappa shape index (κ1) is 11.2. The lowest BCUT2D eigenvalue weighted by molar-refractivity contribution is -0.387. The van der Waals surface area contributed by atoms with Gasteiger partial charge in [-0.15, -0.1) is 0 Å². The maximum Gasteiger partial charge on any atom is 0.375 e. The van der Waals surface area contributed by atoms with Gasteiger partial charge in [-0.1, -0.05) is 12.1 Å². The van der Waals surface area contributed by atoms with E-state index in [0.29, 0.717) is 0 Å². The zero-order chi connectivity index (χ0) is 10.8. The van der Waals surface area contributed by atoms with E-state index in [9.17, 15) is 18.9 Å². The van der Waals surface area contributed by atoms with Crippen LogP contribution in [0.4, 0.5) is 14.5 Å². The third-order valence-corrected chi connectivity index (χ3v) is 2.32. The minimum atomic E-state index is -3.54. The fourth-order valence-electron chi connectivity index (χ4n) is 0.819. The predicted octanol–water partition coefficient (Wildman–Crippen LogP) is 3.48. The second-order valence-corrected chi connectivity index (χ2v) is 4.13. The Kier molecular flexibility index (Phi) is 3.28. The number of benzene rings is 1. The number of rotatable bonds is 3. The van der Waals surface area contributed by atoms with Crippen molar-refractivity contribution in [3.05, 3.63) is 34.4 Å². The molecule has 0 bridgehead atoms. The first-order valence-corrected chi connectivity index (χ1v) is 4.59. The highest BCUT2D eigenvalue weighted by Gasteiger charge is 2.30. The SMILES string of the molecule is O=[N+]([O-])c1ccccc1SC(F)(F)Cl. The Morgan fingerprint density at radius 3 is 2.50 bits per heavy atom. The maximum atomic E-state index is 12.4. The normalized spacial score (nSPS) is 11.4. The summed E-state index contributed by atoms with van der Waals surface area (Å²) in [6, 6.07) is 5.19. The van der Waals surface area contributed by atoms with Crippen molar-refractivity contribution in [2.24, 2.45) is 0 Å². The molecule has 1 aromatic rings. The number of nitro groups is 1. The number of hydrogen-bond donors (Lipinski definition) is 0. The Bertz CT molecular complexity index is 356. The molecule has 3 nitrogen and oxygen atoms in total. The summed E-state index contributed by atoms with van der Waals surface area (Å²) in [6.45, 7) is 0. The topological polar surface area (TPSA) is 43.1 Å². The maximum absolute atomic E-state index is 12.4. The van der Waals surface area contributed by atoms with Crippen molar-refractivity contribution in [2.45, 2.75) is 9.61 Å². The highest BCUT2D eigenvalue weighted by molar-refractivity contribution is 8.01. The molecule has 7 heteroatoms. The lowest BCUT2D eigenvalue weighted by atomic mass is 10.3. The van der Waals surface area contributed by atoms with Crippen molar-refractivity contribution in [1.29, 1.82) is 0 Å². The van der Waals surface area contributed by atoms with Gasteiger partial charge >= 0.3 is 4.71 Å². The molecule has 0 aliphatic heterocycles. The molecular formula is C7H4ClF2NO2S. The van der Waals surface area contributed by atoms with E-state index in [1.54, 1.807) is 0 Å². The zero-order valence-corrected chi connectivity index (χ0v) is 8.19. The number of halogens is 3. The summed E-state index contributed by atoms with van der Waals surface area (Å²) in [5.74, 6) is 0. The van der Waals surface area contributed by atoms with Crippen LogP contribution in [0.5, 0.6) is 0 Å². The van der Waals surface area contributed by atoms with Gasteiger partial charge in [-0.05, 0) is 29.4 Å². The van der Waals surface area contributed by atoms with Crippen LogP contribution in [0.1, 0.15) is 0 Å². The molecule has 0 spiro atoms. The van der Waals surface area contributed by atoms with Gasteiger partial charge in [0.1, 0.15) is 0 Å². The lowest BCUT2D eigenvalue weighted by Gasteiger charge is -2.06. The molecule has 76 valence electrons. The van der Waals surface area contributed by atoms with Crippen LogP contribution in [-0.2, 0) is 0 Å². The van der Waals surface area contributed by atoms with Gasteiger partial charge in [0.25, 0.3) is 5.69 Å². The van der Waals surface area contributed by atoms with Gasteiger partial charge in [-0.25, -0.2) is 0 Å². The first-order chi connectivity index (χ1) is 6.40. The monoisotopic (exact) mass is 239 g/mol. The molecule has 1 rings (SSSR count). The summed E-state index contributed by atoms with van der Waals surface area (Å²) < 4.78 is 21.2. The zero-order valence-electron chi connectivity index (χ0n) is 6.62. The van der Waals surface area contributed by atoms with Gasteiger partial charge in [0, 0.05) is 6.07 Å². The molecule has 14 heavy (non-hydrogen) atoms. The van der Waals surface area contributed by atoms with Gasteiger partial charge in [0.2, 0.25) is 0 Å². The van der Waals surface area contributed by atoms with Crippen LogP contribution in [-0.4, -0.2) is 9.64 Å². The Morgan fingerprint density at radius 2 is 2.00 bits per heavy atom. The molecule has 0 saturated carbocycles. The molecule has 0 fully saturated rings. The Hall–Kier alpha value is -0.880. The van der Waals surface area contributed by atoms with Crippen LogP contribution >= 0.6 is 23.4 Å². The number of hydrogen-bond acceptors (Lipinski definition) is 3. The van der Waals surface area contributed by atoms with Gasteiger partial charge in [0.05, 0.1) is 9.82 Å². The van der Waals surface area contributed by atoms with Crippen molar-refractivity contribution < 1.29 is 13.7 Å². The van der Waals surface area contributed by atoms with Gasteiger partial charge in [-0.3, -0.25) is 10.1 Å². The third-order valence-electron chi connectivity index (χ3n) is 1.29. The molecule has 0 unspecified atom stereocenters. The minimum Gasteiger partial charge on any atom is -0.258 e. The van der Waals surface area contributed by atoms with E-state index in [0.717, 1.165) is 6.07 Å². The molecule has 0 N–H and O–H groups in total. The molecular weight excluding hydrogens is 236 g/mol. The van der Waals surface area contributed by atoms with Crippen LogP contribution in [0.2, 0.25) is 0 Å². The van der Waals surface area contributed by atoms with E-state index >= 15 is 0 Å². The van der Waals surface area contributed by atoms with Crippen molar-refractivity contribution >= 4 is 29.1 Å². The molecule has 0 aliphatic carbocycles. The smallest absolute Gasteiger partial charge is 0.258 e. The second kappa shape index (κ2) is 4.10.